The highest BCUT2D eigenvalue weighted by atomic mass is 79.9. The number of rotatable bonds is 6. The van der Waals surface area contributed by atoms with Gasteiger partial charge in [0.15, 0.2) is 5.79 Å². The van der Waals surface area contributed by atoms with Gasteiger partial charge in [-0.15, -0.1) is 0 Å². The minimum atomic E-state index is -0.670. The highest BCUT2D eigenvalue weighted by Gasteiger charge is 2.39. The second kappa shape index (κ2) is 6.81. The quantitative estimate of drug-likeness (QED) is 0.815. The van der Waals surface area contributed by atoms with Gasteiger partial charge in [-0.2, -0.15) is 0 Å². The van der Waals surface area contributed by atoms with Gasteiger partial charge >= 0.3 is 0 Å². The van der Waals surface area contributed by atoms with E-state index in [2.05, 4.69) is 15.9 Å². The highest BCUT2D eigenvalue weighted by molar-refractivity contribution is 9.10. The van der Waals surface area contributed by atoms with Crippen molar-refractivity contribution < 1.29 is 14.2 Å². The molecule has 106 valence electrons. The van der Waals surface area contributed by atoms with E-state index in [1.807, 2.05) is 18.2 Å². The summed E-state index contributed by atoms with van der Waals surface area (Å²) in [7, 11) is 1.70. The van der Waals surface area contributed by atoms with Crippen molar-refractivity contribution in [3.05, 3.63) is 33.8 Å². The van der Waals surface area contributed by atoms with Crippen molar-refractivity contribution in [1.29, 1.82) is 0 Å². The third kappa shape index (κ3) is 3.35. The van der Waals surface area contributed by atoms with E-state index in [1.54, 1.807) is 7.11 Å². The van der Waals surface area contributed by atoms with E-state index in [0.29, 0.717) is 26.4 Å². The number of benzene rings is 1. The molecule has 1 aromatic carbocycles. The van der Waals surface area contributed by atoms with E-state index in [-0.39, 0.29) is 0 Å². The molecule has 1 aliphatic heterocycles. The molecule has 2 rings (SSSR count). The first-order valence-corrected chi connectivity index (χ1v) is 7.27. The zero-order chi connectivity index (χ0) is 13.7. The van der Waals surface area contributed by atoms with Crippen molar-refractivity contribution in [2.24, 2.45) is 5.73 Å². The molecule has 0 atom stereocenters. The molecule has 4 nitrogen and oxygen atoms in total. The lowest BCUT2D eigenvalue weighted by Gasteiger charge is -2.30. The average Bonchev–Trinajstić information content (AvgIpc) is 2.89. The van der Waals surface area contributed by atoms with Gasteiger partial charge in [0.2, 0.25) is 0 Å². The fourth-order valence-electron chi connectivity index (χ4n) is 2.42. The Morgan fingerprint density at radius 3 is 2.74 bits per heavy atom. The van der Waals surface area contributed by atoms with Gasteiger partial charge in [-0.25, -0.2) is 0 Å². The fourth-order valence-corrected chi connectivity index (χ4v) is 2.78. The van der Waals surface area contributed by atoms with Gasteiger partial charge in [0.1, 0.15) is 0 Å². The molecule has 0 unspecified atom stereocenters. The molecule has 1 saturated heterocycles. The van der Waals surface area contributed by atoms with Gasteiger partial charge < -0.3 is 19.9 Å². The third-order valence-corrected chi connectivity index (χ3v) is 3.80. The summed E-state index contributed by atoms with van der Waals surface area (Å²) >= 11 is 3.50. The maximum Gasteiger partial charge on any atom is 0.195 e. The van der Waals surface area contributed by atoms with Crippen LogP contribution in [0.3, 0.4) is 0 Å². The predicted molar refractivity (Wildman–Crippen MR) is 76.7 cm³/mol. The standard InChI is InChI=1S/C14H20BrNO3/c1-17-6-2-5-14(18-7-8-19-14)13-9-12(15)4-3-11(13)10-16/h3-4,9H,2,5-8,10,16H2,1H3. The van der Waals surface area contributed by atoms with Crippen LogP contribution < -0.4 is 5.73 Å². The molecular weight excluding hydrogens is 310 g/mol. The van der Waals surface area contributed by atoms with Crippen LogP contribution in [-0.2, 0) is 26.5 Å². The van der Waals surface area contributed by atoms with Gasteiger partial charge in [-0.1, -0.05) is 22.0 Å². The lowest BCUT2D eigenvalue weighted by atomic mass is 9.95. The summed E-state index contributed by atoms with van der Waals surface area (Å²) in [6, 6.07) is 6.05. The van der Waals surface area contributed by atoms with Crippen LogP contribution in [0.1, 0.15) is 24.0 Å². The first-order valence-electron chi connectivity index (χ1n) is 6.47. The Labute approximate surface area is 122 Å². The fraction of sp³-hybridized carbons (Fsp3) is 0.571. The minimum Gasteiger partial charge on any atom is -0.385 e. The van der Waals surface area contributed by atoms with Gasteiger partial charge in [-0.05, 0) is 24.1 Å². The van der Waals surface area contributed by atoms with Gasteiger partial charge in [0, 0.05) is 36.7 Å². The molecule has 0 spiro atoms. The van der Waals surface area contributed by atoms with E-state index in [0.717, 1.165) is 28.4 Å². The number of hydrogen-bond donors (Lipinski definition) is 1. The Morgan fingerprint density at radius 2 is 2.11 bits per heavy atom. The molecule has 5 heteroatoms. The van der Waals surface area contributed by atoms with Crippen LogP contribution in [0.2, 0.25) is 0 Å². The van der Waals surface area contributed by atoms with Crippen LogP contribution in [0.4, 0.5) is 0 Å². The first-order chi connectivity index (χ1) is 9.22. The second-order valence-corrected chi connectivity index (χ2v) is 5.47. The lowest BCUT2D eigenvalue weighted by Crippen LogP contribution is -2.29. The molecule has 1 aliphatic rings. The first kappa shape index (κ1) is 14.9. The van der Waals surface area contributed by atoms with E-state index in [9.17, 15) is 0 Å². The molecule has 1 heterocycles. The molecule has 1 fully saturated rings. The summed E-state index contributed by atoms with van der Waals surface area (Å²) in [6.07, 6.45) is 1.65. The van der Waals surface area contributed by atoms with Gasteiger partial charge in [0.05, 0.1) is 13.2 Å². The second-order valence-electron chi connectivity index (χ2n) is 4.55. The Bertz CT molecular complexity index is 419. The molecule has 0 saturated carbocycles. The van der Waals surface area contributed by atoms with E-state index < -0.39 is 5.79 Å². The summed E-state index contributed by atoms with van der Waals surface area (Å²) in [5, 5.41) is 0. The molecule has 19 heavy (non-hydrogen) atoms. The Morgan fingerprint density at radius 1 is 1.37 bits per heavy atom. The summed E-state index contributed by atoms with van der Waals surface area (Å²) in [4.78, 5) is 0. The molecule has 2 N–H and O–H groups in total. The lowest BCUT2D eigenvalue weighted by molar-refractivity contribution is -0.173. The van der Waals surface area contributed by atoms with Gasteiger partial charge in [0.25, 0.3) is 0 Å². The maximum absolute atomic E-state index is 5.92. The maximum atomic E-state index is 5.92. The topological polar surface area (TPSA) is 53.7 Å². The zero-order valence-electron chi connectivity index (χ0n) is 11.2. The Hall–Kier alpha value is -0.460. The summed E-state index contributed by atoms with van der Waals surface area (Å²) < 4.78 is 18.0. The molecule has 0 radical (unpaired) electrons. The van der Waals surface area contributed by atoms with E-state index in [4.69, 9.17) is 19.9 Å². The van der Waals surface area contributed by atoms with Crippen LogP contribution in [0, 0.1) is 0 Å². The van der Waals surface area contributed by atoms with Crippen LogP contribution in [0.25, 0.3) is 0 Å². The largest absolute Gasteiger partial charge is 0.385 e. The number of hydrogen-bond acceptors (Lipinski definition) is 4. The number of ether oxygens (including phenoxy) is 3. The molecule has 0 aliphatic carbocycles. The van der Waals surface area contributed by atoms with Crippen molar-refractivity contribution in [2.75, 3.05) is 26.9 Å². The zero-order valence-corrected chi connectivity index (χ0v) is 12.7. The van der Waals surface area contributed by atoms with Crippen LogP contribution in [-0.4, -0.2) is 26.9 Å². The van der Waals surface area contributed by atoms with Crippen molar-refractivity contribution in [3.63, 3.8) is 0 Å². The van der Waals surface area contributed by atoms with Crippen LogP contribution in [0.15, 0.2) is 22.7 Å². The summed E-state index contributed by atoms with van der Waals surface area (Å²) in [6.45, 7) is 2.40. The van der Waals surface area contributed by atoms with Gasteiger partial charge in [-0.3, -0.25) is 0 Å². The van der Waals surface area contributed by atoms with Crippen LogP contribution >= 0.6 is 15.9 Å². The summed E-state index contributed by atoms with van der Waals surface area (Å²) in [5.41, 5.74) is 7.91. The normalized spacial score (nSPS) is 17.8. The van der Waals surface area contributed by atoms with E-state index in [1.165, 1.54) is 0 Å². The van der Waals surface area contributed by atoms with Crippen molar-refractivity contribution >= 4 is 15.9 Å². The predicted octanol–water partition coefficient (Wildman–Crippen LogP) is 2.53. The Balaban J connectivity index is 2.30. The number of halogens is 1. The minimum absolute atomic E-state index is 0.474. The Kier molecular flexibility index (Phi) is 5.36. The molecule has 0 amide bonds. The van der Waals surface area contributed by atoms with E-state index >= 15 is 0 Å². The summed E-state index contributed by atoms with van der Waals surface area (Å²) in [5.74, 6) is -0.670. The van der Waals surface area contributed by atoms with Crippen molar-refractivity contribution in [2.45, 2.75) is 25.2 Å². The molecule has 1 aromatic rings. The number of nitrogens with two attached hydrogens (primary N) is 1. The highest BCUT2D eigenvalue weighted by Crippen LogP contribution is 2.39. The average molecular weight is 330 g/mol. The third-order valence-electron chi connectivity index (χ3n) is 3.31. The number of methoxy groups -OCH3 is 1. The van der Waals surface area contributed by atoms with Crippen LogP contribution in [0.5, 0.6) is 0 Å². The molecule has 0 aromatic heterocycles. The molecule has 0 bridgehead atoms. The van der Waals surface area contributed by atoms with Crippen molar-refractivity contribution in [1.82, 2.24) is 0 Å². The molecular formula is C14H20BrNO3. The van der Waals surface area contributed by atoms with Crippen molar-refractivity contribution in [3.8, 4) is 0 Å². The SMILES string of the molecule is COCCCC1(c2cc(Br)ccc2CN)OCCO1. The monoisotopic (exact) mass is 329 g/mol. The smallest absolute Gasteiger partial charge is 0.195 e.